The number of ether oxygens (including phenoxy) is 2. The van der Waals surface area contributed by atoms with Gasteiger partial charge in [-0.2, -0.15) is 0 Å². The number of fused-ring (bicyclic) bond motifs is 5. The lowest BCUT2D eigenvalue weighted by atomic mass is 10.0. The van der Waals surface area contributed by atoms with Crippen LogP contribution in [0.25, 0.3) is 5.00 Å². The van der Waals surface area contributed by atoms with Crippen molar-refractivity contribution in [1.82, 2.24) is 14.4 Å². The molecule has 2 amide bonds. The first kappa shape index (κ1) is 24.9. The molecule has 1 unspecified atom stereocenters. The third-order valence-electron chi connectivity index (χ3n) is 7.35. The molecule has 196 valence electrons. The summed E-state index contributed by atoms with van der Waals surface area (Å²) in [5, 5.41) is 4.97. The summed E-state index contributed by atoms with van der Waals surface area (Å²) in [6.45, 7) is 2.41. The number of carbonyl (C=O) groups excluding carboxylic acids is 1. The second-order valence-electron chi connectivity index (χ2n) is 9.66. The van der Waals surface area contributed by atoms with Gasteiger partial charge in [-0.05, 0) is 61.0 Å². The van der Waals surface area contributed by atoms with E-state index in [1.807, 2.05) is 46.6 Å². The van der Waals surface area contributed by atoms with Crippen LogP contribution in [-0.2, 0) is 19.5 Å². The first-order valence-electron chi connectivity index (χ1n) is 12.5. The third kappa shape index (κ3) is 4.32. The first-order chi connectivity index (χ1) is 18.5. The van der Waals surface area contributed by atoms with E-state index in [-0.39, 0.29) is 12.1 Å². The summed E-state index contributed by atoms with van der Waals surface area (Å²) < 4.78 is 13.2. The molecular weight excluding hydrogens is 520 g/mol. The fourth-order valence-electron chi connectivity index (χ4n) is 5.45. The average molecular weight is 549 g/mol. The normalized spacial score (nSPS) is 16.7. The van der Waals surface area contributed by atoms with E-state index in [9.17, 15) is 4.79 Å². The standard InChI is InChI=1S/C29H29ClN4O3S/c1-32-14-12-21-22-16-34(29(35)31-23-15-20(36-2)10-11-25(23)37-3)27(18-6-8-19(30)9-7-18)24-5-4-13-33(24)28(22)38-26(21)17-32/h4-11,13,15,27H,12,14,16-17H2,1-3H3,(H,31,35). The Hall–Kier alpha value is -3.46. The molecule has 0 radical (unpaired) electrons. The van der Waals surface area contributed by atoms with Gasteiger partial charge < -0.3 is 29.2 Å². The quantitative estimate of drug-likeness (QED) is 0.323. The number of halogens is 1. The second-order valence-corrected chi connectivity index (χ2v) is 11.2. The summed E-state index contributed by atoms with van der Waals surface area (Å²) in [5.74, 6) is 1.20. The van der Waals surface area contributed by atoms with E-state index >= 15 is 0 Å². The second kappa shape index (κ2) is 10.0. The minimum absolute atomic E-state index is 0.218. The lowest BCUT2D eigenvalue weighted by Gasteiger charge is -2.32. The van der Waals surface area contributed by atoms with Crippen molar-refractivity contribution in [3.63, 3.8) is 0 Å². The van der Waals surface area contributed by atoms with Crippen LogP contribution in [0.1, 0.15) is 33.3 Å². The van der Waals surface area contributed by atoms with Gasteiger partial charge in [0.2, 0.25) is 0 Å². The van der Waals surface area contributed by atoms with E-state index in [2.05, 4.69) is 40.2 Å². The Labute approximate surface area is 231 Å². The van der Waals surface area contributed by atoms with Gasteiger partial charge in [-0.15, -0.1) is 11.3 Å². The summed E-state index contributed by atoms with van der Waals surface area (Å²) in [6, 6.07) is 16.8. The molecule has 0 bridgehead atoms. The number of carbonyl (C=O) groups is 1. The monoisotopic (exact) mass is 548 g/mol. The summed E-state index contributed by atoms with van der Waals surface area (Å²) in [7, 11) is 5.35. The molecule has 2 aromatic heterocycles. The van der Waals surface area contributed by atoms with E-state index in [4.69, 9.17) is 21.1 Å². The van der Waals surface area contributed by atoms with E-state index < -0.39 is 0 Å². The highest BCUT2D eigenvalue weighted by Gasteiger charge is 2.36. The fraction of sp³-hybridized carbons (Fsp3) is 0.276. The molecule has 4 aromatic rings. The van der Waals surface area contributed by atoms with Crippen molar-refractivity contribution < 1.29 is 14.3 Å². The van der Waals surface area contributed by atoms with Crippen molar-refractivity contribution in [2.24, 2.45) is 0 Å². The van der Waals surface area contributed by atoms with Crippen molar-refractivity contribution in [3.05, 3.63) is 93.1 Å². The molecule has 0 aliphatic carbocycles. The molecule has 0 saturated carbocycles. The third-order valence-corrected chi connectivity index (χ3v) is 8.86. The van der Waals surface area contributed by atoms with E-state index in [0.717, 1.165) is 30.8 Å². The average Bonchev–Trinajstić information content (AvgIpc) is 3.50. The number of nitrogens with one attached hydrogen (secondary N) is 1. The fourth-order valence-corrected chi connectivity index (χ4v) is 7.01. The molecule has 7 nitrogen and oxygen atoms in total. The summed E-state index contributed by atoms with van der Waals surface area (Å²) in [4.78, 5) is 19.9. The number of anilines is 1. The maximum absolute atomic E-state index is 14.2. The Kier molecular flexibility index (Phi) is 6.55. The highest BCUT2D eigenvalue weighted by molar-refractivity contribution is 7.15. The van der Waals surface area contributed by atoms with Crippen LogP contribution in [0.5, 0.6) is 11.5 Å². The Morgan fingerprint density at radius 1 is 1.05 bits per heavy atom. The molecule has 2 aliphatic heterocycles. The largest absolute Gasteiger partial charge is 0.497 e. The summed E-state index contributed by atoms with van der Waals surface area (Å²) in [5.41, 5.74) is 5.17. The van der Waals surface area contributed by atoms with Crippen molar-refractivity contribution in [2.45, 2.75) is 25.6 Å². The predicted octanol–water partition coefficient (Wildman–Crippen LogP) is 6.33. The van der Waals surface area contributed by atoms with Crippen molar-refractivity contribution in [1.29, 1.82) is 0 Å². The number of nitrogens with zero attached hydrogens (tertiary/aromatic N) is 3. The minimum Gasteiger partial charge on any atom is -0.497 e. The number of rotatable bonds is 4. The Morgan fingerprint density at radius 3 is 2.63 bits per heavy atom. The van der Waals surface area contributed by atoms with E-state index in [1.54, 1.807) is 26.4 Å². The Morgan fingerprint density at radius 2 is 1.87 bits per heavy atom. The number of hydrogen-bond acceptors (Lipinski definition) is 5. The number of benzene rings is 2. The van der Waals surface area contributed by atoms with Crippen LogP contribution in [-0.4, -0.2) is 48.2 Å². The van der Waals surface area contributed by atoms with Crippen LogP contribution >= 0.6 is 22.9 Å². The molecular formula is C29H29ClN4O3S. The number of methoxy groups -OCH3 is 2. The number of urea groups is 1. The highest BCUT2D eigenvalue weighted by atomic mass is 35.5. The zero-order chi connectivity index (χ0) is 26.4. The van der Waals surface area contributed by atoms with E-state index in [0.29, 0.717) is 28.8 Å². The lowest BCUT2D eigenvalue weighted by molar-refractivity contribution is 0.194. The number of likely N-dealkylation sites (N-methyl/N-ethyl adjacent to an activating group) is 1. The van der Waals surface area contributed by atoms with Crippen molar-refractivity contribution >= 4 is 34.7 Å². The first-order valence-corrected chi connectivity index (χ1v) is 13.7. The SMILES string of the molecule is COc1ccc(OC)c(NC(=O)N2Cc3c(sc4c3CCN(C)C4)-n3cccc3C2c2ccc(Cl)cc2)c1. The van der Waals surface area contributed by atoms with Gasteiger partial charge in [0.25, 0.3) is 0 Å². The molecule has 1 N–H and O–H groups in total. The molecule has 0 saturated heterocycles. The maximum Gasteiger partial charge on any atom is 0.323 e. The summed E-state index contributed by atoms with van der Waals surface area (Å²) in [6.07, 6.45) is 3.08. The zero-order valence-electron chi connectivity index (χ0n) is 21.5. The van der Waals surface area contributed by atoms with Gasteiger partial charge in [-0.25, -0.2) is 4.79 Å². The van der Waals surface area contributed by atoms with Crippen LogP contribution in [0, 0.1) is 0 Å². The van der Waals surface area contributed by atoms with Gasteiger partial charge in [0.15, 0.2) is 0 Å². The minimum atomic E-state index is -0.319. The van der Waals surface area contributed by atoms with Crippen LogP contribution in [0.2, 0.25) is 5.02 Å². The lowest BCUT2D eigenvalue weighted by Crippen LogP contribution is -2.38. The molecule has 4 heterocycles. The smallest absolute Gasteiger partial charge is 0.323 e. The number of hydrogen-bond donors (Lipinski definition) is 1. The molecule has 2 aliphatic rings. The zero-order valence-corrected chi connectivity index (χ0v) is 23.1. The van der Waals surface area contributed by atoms with E-state index in [1.165, 1.54) is 21.0 Å². The van der Waals surface area contributed by atoms with Gasteiger partial charge >= 0.3 is 6.03 Å². The molecule has 9 heteroatoms. The van der Waals surface area contributed by atoms with Crippen LogP contribution in [0.3, 0.4) is 0 Å². The molecule has 2 aromatic carbocycles. The summed E-state index contributed by atoms with van der Waals surface area (Å²) >= 11 is 8.09. The number of thiophene rings is 1. The highest BCUT2D eigenvalue weighted by Crippen LogP contribution is 2.44. The molecule has 6 rings (SSSR count). The molecule has 1 atom stereocenters. The van der Waals surface area contributed by atoms with Crippen LogP contribution in [0.15, 0.2) is 60.8 Å². The van der Waals surface area contributed by atoms with Crippen LogP contribution in [0.4, 0.5) is 10.5 Å². The number of aromatic nitrogens is 1. The molecule has 38 heavy (non-hydrogen) atoms. The van der Waals surface area contributed by atoms with Gasteiger partial charge in [0, 0.05) is 40.8 Å². The molecule has 0 fully saturated rings. The maximum atomic E-state index is 14.2. The predicted molar refractivity (Wildman–Crippen MR) is 151 cm³/mol. The van der Waals surface area contributed by atoms with Crippen LogP contribution < -0.4 is 14.8 Å². The molecule has 0 spiro atoms. The van der Waals surface area contributed by atoms with Gasteiger partial charge in [0.1, 0.15) is 16.5 Å². The van der Waals surface area contributed by atoms with Gasteiger partial charge in [-0.3, -0.25) is 0 Å². The Balaban J connectivity index is 1.48. The van der Waals surface area contributed by atoms with Gasteiger partial charge in [0.05, 0.1) is 38.2 Å². The van der Waals surface area contributed by atoms with Crippen molar-refractivity contribution in [3.8, 4) is 16.5 Å². The Bertz CT molecular complexity index is 1500. The number of amides is 2. The topological polar surface area (TPSA) is 59.0 Å². The van der Waals surface area contributed by atoms with Gasteiger partial charge in [-0.1, -0.05) is 23.7 Å². The van der Waals surface area contributed by atoms with Crippen molar-refractivity contribution in [2.75, 3.05) is 33.1 Å².